The number of carbonyl (C=O) groups excluding carboxylic acids is 2. The molecule has 0 saturated carbocycles. The van der Waals surface area contributed by atoms with Crippen LogP contribution in [-0.4, -0.2) is 40.3 Å². The smallest absolute Gasteiger partial charge is 0.408 e. The number of carbonyl (C=O) groups is 3. The minimum atomic E-state index is -1.28. The highest BCUT2D eigenvalue weighted by Crippen LogP contribution is 2.11. The topological polar surface area (TPSA) is 105 Å². The van der Waals surface area contributed by atoms with Gasteiger partial charge in [0.25, 0.3) is 0 Å². The fraction of sp³-hybridized carbons (Fsp3) is 0.800. The summed E-state index contributed by atoms with van der Waals surface area (Å²) in [5, 5.41) is 14.0. The molecule has 0 aliphatic carbocycles. The predicted molar refractivity (Wildman–Crippen MR) is 82.5 cm³/mol. The van der Waals surface area contributed by atoms with Gasteiger partial charge in [0.05, 0.1) is 0 Å². The molecule has 0 spiro atoms. The first kappa shape index (κ1) is 20.2. The van der Waals surface area contributed by atoms with E-state index in [9.17, 15) is 14.4 Å². The van der Waals surface area contributed by atoms with Crippen molar-refractivity contribution < 1.29 is 24.2 Å². The molecule has 0 aliphatic heterocycles. The number of carboxylic acid groups (broad SMARTS) is 1. The Morgan fingerprint density at radius 1 is 1.09 bits per heavy atom. The van der Waals surface area contributed by atoms with E-state index in [0.29, 0.717) is 6.42 Å². The van der Waals surface area contributed by atoms with E-state index in [-0.39, 0.29) is 5.92 Å². The molecule has 128 valence electrons. The molecular weight excluding hydrogens is 288 g/mol. The summed E-state index contributed by atoms with van der Waals surface area (Å²) in [5.41, 5.74) is -1.97. The van der Waals surface area contributed by atoms with Gasteiger partial charge in [-0.05, 0) is 47.0 Å². The molecule has 0 aliphatic rings. The Morgan fingerprint density at radius 2 is 1.59 bits per heavy atom. The van der Waals surface area contributed by atoms with Crippen LogP contribution in [0.15, 0.2) is 0 Å². The second-order valence-corrected chi connectivity index (χ2v) is 7.25. The second-order valence-electron chi connectivity index (χ2n) is 7.25. The Bertz CT molecular complexity index is 424. The monoisotopic (exact) mass is 316 g/mol. The lowest BCUT2D eigenvalue weighted by molar-refractivity contribution is -0.143. The molecule has 7 nitrogen and oxygen atoms in total. The molecule has 2 amide bonds. The van der Waals surface area contributed by atoms with Crippen molar-refractivity contribution in [1.29, 1.82) is 0 Å². The zero-order chi connectivity index (χ0) is 17.7. The molecule has 0 radical (unpaired) electrons. The van der Waals surface area contributed by atoms with Crippen LogP contribution in [0.5, 0.6) is 0 Å². The van der Waals surface area contributed by atoms with Crippen molar-refractivity contribution in [2.75, 3.05) is 0 Å². The Labute approximate surface area is 131 Å². The molecule has 7 heteroatoms. The molecule has 0 aromatic rings. The van der Waals surface area contributed by atoms with Crippen molar-refractivity contribution in [3.8, 4) is 0 Å². The van der Waals surface area contributed by atoms with Gasteiger partial charge in [0.1, 0.15) is 17.2 Å². The van der Waals surface area contributed by atoms with E-state index in [0.717, 1.165) is 0 Å². The maximum Gasteiger partial charge on any atom is 0.408 e. The summed E-state index contributed by atoms with van der Waals surface area (Å²) in [5.74, 6) is -1.56. The van der Waals surface area contributed by atoms with Gasteiger partial charge in [-0.3, -0.25) is 4.79 Å². The van der Waals surface area contributed by atoms with E-state index >= 15 is 0 Å². The lowest BCUT2D eigenvalue weighted by atomic mass is 10.0. The number of hydrogen-bond acceptors (Lipinski definition) is 4. The van der Waals surface area contributed by atoms with Crippen molar-refractivity contribution in [2.45, 2.75) is 72.1 Å². The van der Waals surface area contributed by atoms with E-state index in [1.54, 1.807) is 20.8 Å². The van der Waals surface area contributed by atoms with Crippen molar-refractivity contribution in [3.63, 3.8) is 0 Å². The number of aliphatic carboxylic acids is 1. The molecular formula is C15H28N2O5. The highest BCUT2D eigenvalue weighted by Gasteiger charge is 2.34. The van der Waals surface area contributed by atoms with Crippen LogP contribution in [0.4, 0.5) is 4.79 Å². The minimum Gasteiger partial charge on any atom is -0.480 e. The predicted octanol–water partition coefficient (Wildman–Crippen LogP) is 1.91. The molecule has 22 heavy (non-hydrogen) atoms. The average Bonchev–Trinajstić information content (AvgIpc) is 2.23. The largest absolute Gasteiger partial charge is 0.480 e. The molecule has 0 fully saturated rings. The standard InChI is InChI=1S/C15H28N2O5/c1-9(2)8-10(11(18)19)16-12(20)15(6,7)17-13(21)22-14(3,4)5/h9-10H,8H2,1-7H3,(H,16,20)(H,17,21)(H,18,19). The van der Waals surface area contributed by atoms with E-state index in [4.69, 9.17) is 9.84 Å². The van der Waals surface area contributed by atoms with Gasteiger partial charge in [0.2, 0.25) is 5.91 Å². The minimum absolute atomic E-state index is 0.114. The SMILES string of the molecule is CC(C)CC(NC(=O)C(C)(C)NC(=O)OC(C)(C)C)C(=O)O. The first-order valence-electron chi connectivity index (χ1n) is 7.29. The number of nitrogens with one attached hydrogen (secondary N) is 2. The number of ether oxygens (including phenoxy) is 1. The van der Waals surface area contributed by atoms with Crippen LogP contribution in [0.25, 0.3) is 0 Å². The number of rotatable bonds is 6. The summed E-state index contributed by atoms with van der Waals surface area (Å²) in [6.45, 7) is 11.8. The van der Waals surface area contributed by atoms with Crippen LogP contribution in [0.3, 0.4) is 0 Å². The van der Waals surface area contributed by atoms with Gasteiger partial charge >= 0.3 is 12.1 Å². The fourth-order valence-corrected chi connectivity index (χ4v) is 1.65. The Kier molecular flexibility index (Phi) is 6.86. The van der Waals surface area contributed by atoms with Crippen LogP contribution < -0.4 is 10.6 Å². The van der Waals surface area contributed by atoms with Crippen molar-refractivity contribution >= 4 is 18.0 Å². The third-order valence-electron chi connectivity index (χ3n) is 2.69. The van der Waals surface area contributed by atoms with Crippen molar-refractivity contribution in [2.24, 2.45) is 5.92 Å². The summed E-state index contributed by atoms with van der Waals surface area (Å²) in [7, 11) is 0. The summed E-state index contributed by atoms with van der Waals surface area (Å²) < 4.78 is 5.09. The van der Waals surface area contributed by atoms with Gasteiger partial charge in [0.15, 0.2) is 0 Å². The number of alkyl carbamates (subject to hydrolysis) is 1. The first-order valence-corrected chi connectivity index (χ1v) is 7.29. The average molecular weight is 316 g/mol. The molecule has 0 aromatic heterocycles. The molecule has 3 N–H and O–H groups in total. The van der Waals surface area contributed by atoms with Crippen LogP contribution in [-0.2, 0) is 14.3 Å². The summed E-state index contributed by atoms with van der Waals surface area (Å²) >= 11 is 0. The second kappa shape index (κ2) is 7.47. The Hall–Kier alpha value is -1.79. The zero-order valence-electron chi connectivity index (χ0n) is 14.4. The Morgan fingerprint density at radius 3 is 1.95 bits per heavy atom. The van der Waals surface area contributed by atoms with Gasteiger partial charge in [-0.1, -0.05) is 13.8 Å². The highest BCUT2D eigenvalue weighted by molar-refractivity contribution is 5.92. The first-order chi connectivity index (χ1) is 9.74. The third kappa shape index (κ3) is 7.85. The number of hydrogen-bond donors (Lipinski definition) is 3. The summed E-state index contributed by atoms with van der Waals surface area (Å²) in [4.78, 5) is 35.1. The summed E-state index contributed by atoms with van der Waals surface area (Å²) in [6.07, 6.45) is -0.424. The highest BCUT2D eigenvalue weighted by atomic mass is 16.6. The molecule has 0 saturated heterocycles. The fourth-order valence-electron chi connectivity index (χ4n) is 1.65. The van der Waals surface area contributed by atoms with Crippen LogP contribution >= 0.6 is 0 Å². The van der Waals surface area contributed by atoms with Gasteiger partial charge in [-0.25, -0.2) is 9.59 Å². The number of amides is 2. The van der Waals surface area contributed by atoms with Crippen LogP contribution in [0.1, 0.15) is 54.9 Å². The van der Waals surface area contributed by atoms with Gasteiger partial charge in [0, 0.05) is 0 Å². The Balaban J connectivity index is 4.79. The molecule has 1 atom stereocenters. The van der Waals surface area contributed by atoms with E-state index in [1.807, 2.05) is 13.8 Å². The normalized spacial score (nSPS) is 13.5. The lowest BCUT2D eigenvalue weighted by Crippen LogP contribution is -2.58. The van der Waals surface area contributed by atoms with Crippen molar-refractivity contribution in [1.82, 2.24) is 10.6 Å². The van der Waals surface area contributed by atoms with Crippen LogP contribution in [0, 0.1) is 5.92 Å². The molecule has 0 aromatic carbocycles. The molecule has 0 heterocycles. The van der Waals surface area contributed by atoms with Crippen molar-refractivity contribution in [3.05, 3.63) is 0 Å². The van der Waals surface area contributed by atoms with E-state index in [1.165, 1.54) is 13.8 Å². The molecule has 1 unspecified atom stereocenters. The summed E-state index contributed by atoms with van der Waals surface area (Å²) in [6, 6.07) is -0.993. The van der Waals surface area contributed by atoms with Gasteiger partial charge in [-0.15, -0.1) is 0 Å². The van der Waals surface area contributed by atoms with E-state index in [2.05, 4.69) is 10.6 Å². The maximum absolute atomic E-state index is 12.2. The number of carboxylic acids is 1. The third-order valence-corrected chi connectivity index (χ3v) is 2.69. The molecule has 0 bridgehead atoms. The maximum atomic E-state index is 12.2. The quantitative estimate of drug-likeness (QED) is 0.694. The zero-order valence-corrected chi connectivity index (χ0v) is 14.4. The van der Waals surface area contributed by atoms with E-state index < -0.39 is 35.2 Å². The van der Waals surface area contributed by atoms with Crippen LogP contribution in [0.2, 0.25) is 0 Å². The molecule has 0 rings (SSSR count). The lowest BCUT2D eigenvalue weighted by Gasteiger charge is -2.29. The van der Waals surface area contributed by atoms with Gasteiger partial charge in [-0.2, -0.15) is 0 Å². The van der Waals surface area contributed by atoms with Gasteiger partial charge < -0.3 is 20.5 Å².